The lowest BCUT2D eigenvalue weighted by Gasteiger charge is -2.47. The van der Waals surface area contributed by atoms with Crippen LogP contribution in [-0.2, 0) is 24.1 Å². The highest BCUT2D eigenvalue weighted by Gasteiger charge is 2.68. The van der Waals surface area contributed by atoms with Crippen molar-refractivity contribution in [3.05, 3.63) is 53.3 Å². The summed E-state index contributed by atoms with van der Waals surface area (Å²) in [4.78, 5) is 54.5. The summed E-state index contributed by atoms with van der Waals surface area (Å²) in [5.74, 6) is 2.18. The molecule has 316 valence electrons. The molecular formula is C43H57N7O8Si. The van der Waals surface area contributed by atoms with Crippen LogP contribution in [0.4, 0.5) is 32.7 Å². The Morgan fingerprint density at radius 2 is 1.53 bits per heavy atom. The number of benzene rings is 2. The molecule has 3 aliphatic rings. The third-order valence-electron chi connectivity index (χ3n) is 11.5. The first-order valence-corrected chi connectivity index (χ1v) is 22.9. The van der Waals surface area contributed by atoms with E-state index in [0.717, 1.165) is 10.5 Å². The summed E-state index contributed by atoms with van der Waals surface area (Å²) in [7, 11) is 1.17. The average Bonchev–Trinajstić information content (AvgIpc) is 3.68. The molecule has 1 saturated heterocycles. The molecule has 1 saturated carbocycles. The number of fused-ring (bicyclic) bond motifs is 3. The van der Waals surface area contributed by atoms with Crippen molar-refractivity contribution in [1.29, 1.82) is 0 Å². The standard InChI is InChI=1S/C43H57N7O8Si/c1-24-44-35(33(55-12)36(45-24)48-22-27(23-48)58-59(13,14)42(8,9)10)46-34-28-17-15-25(19-32(28)50(47-34)39(53)57-41(5,6)7)30-21-43(30)29-20-26(54-11)16-18-31(29)49(37(43)51)38(52)56-40(2,3)4/h15-20,27,30H,21-23H2,1-14H3,(H,44,45,46,47)/t30-,43-/m0/s1. The van der Waals surface area contributed by atoms with Crippen molar-refractivity contribution in [3.63, 3.8) is 0 Å². The van der Waals surface area contributed by atoms with Crippen molar-refractivity contribution in [2.24, 2.45) is 0 Å². The maximum atomic E-state index is 14.4. The molecule has 2 fully saturated rings. The Hall–Kier alpha value is -5.22. The summed E-state index contributed by atoms with van der Waals surface area (Å²) in [5.41, 5.74) is -0.275. The van der Waals surface area contributed by atoms with Crippen molar-refractivity contribution in [3.8, 4) is 11.5 Å². The number of amides is 2. The normalized spacial score (nSPS) is 19.5. The van der Waals surface area contributed by atoms with E-state index in [2.05, 4.69) is 44.1 Å². The molecule has 15 nitrogen and oxygen atoms in total. The predicted octanol–water partition coefficient (Wildman–Crippen LogP) is 8.60. The molecular weight excluding hydrogens is 771 g/mol. The smallest absolute Gasteiger partial charge is 0.435 e. The number of rotatable bonds is 8. The molecule has 2 atom stereocenters. The van der Waals surface area contributed by atoms with Gasteiger partial charge < -0.3 is 33.6 Å². The van der Waals surface area contributed by atoms with E-state index in [1.165, 1.54) is 4.68 Å². The van der Waals surface area contributed by atoms with Crippen LogP contribution in [0, 0.1) is 6.92 Å². The van der Waals surface area contributed by atoms with Crippen LogP contribution in [0.5, 0.6) is 11.5 Å². The van der Waals surface area contributed by atoms with Crippen molar-refractivity contribution in [2.45, 2.75) is 122 Å². The largest absolute Gasteiger partial charge is 0.497 e. The van der Waals surface area contributed by atoms with Gasteiger partial charge in [-0.1, -0.05) is 26.8 Å². The molecule has 0 radical (unpaired) electrons. The van der Waals surface area contributed by atoms with Crippen LogP contribution >= 0.6 is 0 Å². The van der Waals surface area contributed by atoms with Gasteiger partial charge >= 0.3 is 12.2 Å². The fourth-order valence-corrected chi connectivity index (χ4v) is 8.95. The van der Waals surface area contributed by atoms with E-state index in [1.54, 1.807) is 67.9 Å². The number of aromatic nitrogens is 4. The number of aryl methyl sites for hydroxylation is 1. The van der Waals surface area contributed by atoms with E-state index < -0.39 is 37.1 Å². The van der Waals surface area contributed by atoms with E-state index in [-0.39, 0.29) is 23.0 Å². The molecule has 1 spiro atoms. The van der Waals surface area contributed by atoms with Gasteiger partial charge in [0.05, 0.1) is 36.9 Å². The summed E-state index contributed by atoms with van der Waals surface area (Å²) in [6, 6.07) is 10.9. The van der Waals surface area contributed by atoms with Crippen LogP contribution in [-0.4, -0.2) is 90.8 Å². The second kappa shape index (κ2) is 14.2. The minimum absolute atomic E-state index is 0.0796. The summed E-state index contributed by atoms with van der Waals surface area (Å²) < 4.78 is 30.9. The Morgan fingerprint density at radius 1 is 0.864 bits per heavy atom. The van der Waals surface area contributed by atoms with E-state index in [4.69, 9.17) is 38.4 Å². The molecule has 2 amide bonds. The quantitative estimate of drug-likeness (QED) is 0.169. The molecule has 1 aliphatic carbocycles. The average molecular weight is 828 g/mol. The van der Waals surface area contributed by atoms with Crippen molar-refractivity contribution in [1.82, 2.24) is 19.7 Å². The van der Waals surface area contributed by atoms with Crippen molar-refractivity contribution in [2.75, 3.05) is 42.4 Å². The maximum absolute atomic E-state index is 14.4. The van der Waals surface area contributed by atoms with Crippen LogP contribution in [0.1, 0.15) is 91.6 Å². The third-order valence-corrected chi connectivity index (χ3v) is 16.1. The molecule has 2 aromatic carbocycles. The van der Waals surface area contributed by atoms with E-state index in [0.29, 0.717) is 76.4 Å². The molecule has 2 aromatic heterocycles. The maximum Gasteiger partial charge on any atom is 0.435 e. The molecule has 4 heterocycles. The predicted molar refractivity (Wildman–Crippen MR) is 228 cm³/mol. The topological polar surface area (TPSA) is 159 Å². The summed E-state index contributed by atoms with van der Waals surface area (Å²) in [6.07, 6.45) is -0.907. The lowest BCUT2D eigenvalue weighted by atomic mass is 9.91. The minimum Gasteiger partial charge on any atom is -0.497 e. The number of hydrogen-bond donors (Lipinski definition) is 1. The van der Waals surface area contributed by atoms with E-state index in [1.807, 2.05) is 31.2 Å². The molecule has 2 aliphatic heterocycles. The Labute approximate surface area is 346 Å². The second-order valence-electron chi connectivity index (χ2n) is 19.3. The SMILES string of the molecule is COc1ccc2c(c1)[C@]1(C[C@H]1c1ccc3c(Nc4nc(C)nc(N5CC(O[Si](C)(C)C(C)(C)C)C5)c4OC)nn(C(=O)OC(C)(C)C)c3c1)C(=O)N2C(=O)OC(C)(C)C. The van der Waals surface area contributed by atoms with Gasteiger partial charge in [0, 0.05) is 24.4 Å². The first-order valence-electron chi connectivity index (χ1n) is 20.0. The molecule has 0 unspecified atom stereocenters. The van der Waals surface area contributed by atoms with Gasteiger partial charge in [-0.2, -0.15) is 4.68 Å². The highest BCUT2D eigenvalue weighted by atomic mass is 28.4. The van der Waals surface area contributed by atoms with Gasteiger partial charge in [0.1, 0.15) is 22.8 Å². The number of nitrogens with zero attached hydrogens (tertiary/aromatic N) is 6. The van der Waals surface area contributed by atoms with Gasteiger partial charge in [0.15, 0.2) is 25.8 Å². The second-order valence-corrected chi connectivity index (χ2v) is 24.0. The molecule has 0 bridgehead atoms. The molecule has 4 aromatic rings. The van der Waals surface area contributed by atoms with Crippen LogP contribution in [0.25, 0.3) is 10.9 Å². The lowest BCUT2D eigenvalue weighted by Crippen LogP contribution is -2.58. The number of anilines is 4. The molecule has 1 N–H and O–H groups in total. The van der Waals surface area contributed by atoms with Gasteiger partial charge in [0.25, 0.3) is 0 Å². The number of nitrogens with one attached hydrogen (secondary N) is 1. The van der Waals surface area contributed by atoms with Crippen LogP contribution in [0.2, 0.25) is 18.1 Å². The van der Waals surface area contributed by atoms with Crippen LogP contribution in [0.15, 0.2) is 36.4 Å². The first-order chi connectivity index (χ1) is 27.4. The summed E-state index contributed by atoms with van der Waals surface area (Å²) in [5, 5.41) is 8.79. The Morgan fingerprint density at radius 3 is 2.14 bits per heavy atom. The van der Waals surface area contributed by atoms with Gasteiger partial charge in [-0.25, -0.2) is 24.5 Å². The fraction of sp³-hybridized carbons (Fsp3) is 0.535. The summed E-state index contributed by atoms with van der Waals surface area (Å²) in [6.45, 7) is 25.0. The molecule has 59 heavy (non-hydrogen) atoms. The number of methoxy groups -OCH3 is 2. The zero-order valence-corrected chi connectivity index (χ0v) is 37.7. The van der Waals surface area contributed by atoms with E-state index in [9.17, 15) is 14.4 Å². The summed E-state index contributed by atoms with van der Waals surface area (Å²) >= 11 is 0. The minimum atomic E-state index is -1.96. The number of ether oxygens (including phenoxy) is 4. The van der Waals surface area contributed by atoms with E-state index >= 15 is 0 Å². The van der Waals surface area contributed by atoms with Gasteiger partial charge in [-0.15, -0.1) is 5.10 Å². The van der Waals surface area contributed by atoms with Crippen molar-refractivity contribution < 1.29 is 37.8 Å². The van der Waals surface area contributed by atoms with Gasteiger partial charge in [-0.3, -0.25) is 4.79 Å². The third kappa shape index (κ3) is 7.60. The highest BCUT2D eigenvalue weighted by Crippen LogP contribution is 2.67. The fourth-order valence-electron chi connectivity index (χ4n) is 7.62. The highest BCUT2D eigenvalue weighted by molar-refractivity contribution is 6.74. The monoisotopic (exact) mass is 827 g/mol. The number of carbonyl (C=O) groups is 3. The zero-order valence-electron chi connectivity index (χ0n) is 36.7. The first kappa shape index (κ1) is 41.9. The lowest BCUT2D eigenvalue weighted by molar-refractivity contribution is -0.120. The van der Waals surface area contributed by atoms with Crippen molar-refractivity contribution >= 4 is 60.5 Å². The number of imide groups is 1. The van der Waals surface area contributed by atoms with Gasteiger partial charge in [-0.05, 0) is 114 Å². The van der Waals surface area contributed by atoms with Crippen LogP contribution in [0.3, 0.4) is 0 Å². The zero-order chi connectivity index (χ0) is 43.2. The number of hydrogen-bond acceptors (Lipinski definition) is 13. The van der Waals surface area contributed by atoms with Crippen LogP contribution < -0.4 is 24.6 Å². The molecule has 16 heteroatoms. The Balaban J connectivity index is 1.24. The Bertz CT molecular complexity index is 2350. The number of carbonyl (C=O) groups excluding carboxylic acids is 3. The Kier molecular flexibility index (Phi) is 10.1. The van der Waals surface area contributed by atoms with Gasteiger partial charge in [0.2, 0.25) is 11.7 Å². The molecule has 7 rings (SSSR count).